The molecule has 0 bridgehead atoms. The van der Waals surface area contributed by atoms with Crippen LogP contribution in [0.5, 0.6) is 5.75 Å². The number of ether oxygens (including phenoxy) is 2. The molecule has 3 aliphatic rings. The van der Waals surface area contributed by atoms with Crippen molar-refractivity contribution in [2.24, 2.45) is 11.3 Å². The summed E-state index contributed by atoms with van der Waals surface area (Å²) < 4.78 is 11.8. The summed E-state index contributed by atoms with van der Waals surface area (Å²) in [6, 6.07) is 6.57. The molecular weight excluding hydrogens is 364 g/mol. The van der Waals surface area contributed by atoms with Crippen molar-refractivity contribution < 1.29 is 14.3 Å². The van der Waals surface area contributed by atoms with Gasteiger partial charge in [0.05, 0.1) is 18.8 Å². The van der Waals surface area contributed by atoms with Gasteiger partial charge in [0, 0.05) is 21.2 Å². The van der Waals surface area contributed by atoms with Gasteiger partial charge in [-0.15, -0.1) is 0 Å². The molecule has 2 saturated carbocycles. The molecule has 3 aliphatic carbocycles. The number of benzene rings is 1. The molecule has 5 heteroatoms. The van der Waals surface area contributed by atoms with Gasteiger partial charge in [-0.3, -0.25) is 0 Å². The lowest BCUT2D eigenvalue weighted by atomic mass is 9.68. The molecule has 0 aromatic heterocycles. The van der Waals surface area contributed by atoms with Crippen LogP contribution in [0.15, 0.2) is 18.2 Å². The highest BCUT2D eigenvalue weighted by molar-refractivity contribution is 5.74. The molecule has 1 spiro atoms. The molecule has 1 N–H and O–H groups in total. The topological polar surface area (TPSA) is 50.8 Å². The molecule has 2 amide bonds. The number of amides is 2. The lowest BCUT2D eigenvalue weighted by molar-refractivity contribution is 0.0166. The molecule has 29 heavy (non-hydrogen) atoms. The van der Waals surface area contributed by atoms with E-state index < -0.39 is 0 Å². The second kappa shape index (κ2) is 8.55. The normalized spacial score (nSPS) is 29.1. The number of carbonyl (C=O) groups excluding carboxylic acids is 1. The van der Waals surface area contributed by atoms with Gasteiger partial charge in [-0.05, 0) is 79.5 Å². The number of fused-ring (bicyclic) bond motifs is 1. The summed E-state index contributed by atoms with van der Waals surface area (Å²) in [5, 5.41) is 3.34. The maximum Gasteiger partial charge on any atom is 0.317 e. The fourth-order valence-electron chi connectivity index (χ4n) is 5.65. The number of methoxy groups -OCH3 is 1. The molecule has 1 unspecified atom stereocenters. The van der Waals surface area contributed by atoms with Crippen molar-refractivity contribution >= 4 is 6.03 Å². The quantitative estimate of drug-likeness (QED) is 0.779. The minimum Gasteiger partial charge on any atom is -0.493 e. The van der Waals surface area contributed by atoms with Crippen LogP contribution in [0, 0.1) is 11.3 Å². The van der Waals surface area contributed by atoms with Crippen LogP contribution >= 0.6 is 0 Å². The van der Waals surface area contributed by atoms with Crippen LogP contribution < -0.4 is 10.1 Å². The summed E-state index contributed by atoms with van der Waals surface area (Å²) in [4.78, 5) is 14.2. The molecular formula is C24H36N2O3. The highest BCUT2D eigenvalue weighted by atomic mass is 16.5. The smallest absolute Gasteiger partial charge is 0.317 e. The Bertz CT molecular complexity index is 719. The second-order valence-corrected chi connectivity index (χ2v) is 9.57. The van der Waals surface area contributed by atoms with E-state index in [4.69, 9.17) is 9.47 Å². The molecule has 0 radical (unpaired) electrons. The first-order valence-electron chi connectivity index (χ1n) is 11.3. The summed E-state index contributed by atoms with van der Waals surface area (Å²) in [7, 11) is 5.42. The Kier molecular flexibility index (Phi) is 6.05. The highest BCUT2D eigenvalue weighted by Gasteiger charge is 2.48. The average Bonchev–Trinajstić information content (AvgIpc) is 3.34. The van der Waals surface area contributed by atoms with Gasteiger partial charge in [0.1, 0.15) is 5.75 Å². The van der Waals surface area contributed by atoms with Crippen LogP contribution in [0.2, 0.25) is 0 Å². The van der Waals surface area contributed by atoms with Crippen molar-refractivity contribution in [1.82, 2.24) is 10.2 Å². The zero-order valence-electron chi connectivity index (χ0n) is 18.2. The number of rotatable bonds is 5. The summed E-state index contributed by atoms with van der Waals surface area (Å²) in [5.74, 6) is 1.64. The molecule has 0 heterocycles. The van der Waals surface area contributed by atoms with Gasteiger partial charge in [-0.2, -0.15) is 0 Å². The predicted molar refractivity (Wildman–Crippen MR) is 114 cm³/mol. The van der Waals surface area contributed by atoms with E-state index in [0.29, 0.717) is 12.0 Å². The third-order valence-electron chi connectivity index (χ3n) is 7.48. The summed E-state index contributed by atoms with van der Waals surface area (Å²) in [6.07, 6.45) is 10.9. The molecule has 160 valence electrons. The Morgan fingerprint density at radius 3 is 2.55 bits per heavy atom. The fraction of sp³-hybridized carbons (Fsp3) is 0.708. The molecule has 2 fully saturated rings. The van der Waals surface area contributed by atoms with Gasteiger partial charge >= 0.3 is 6.03 Å². The van der Waals surface area contributed by atoms with Gasteiger partial charge in [0.15, 0.2) is 0 Å². The number of carbonyl (C=O) groups is 1. The lowest BCUT2D eigenvalue weighted by Gasteiger charge is -2.42. The van der Waals surface area contributed by atoms with Gasteiger partial charge in [0.2, 0.25) is 0 Å². The number of hydrogen-bond donors (Lipinski definition) is 1. The Labute approximate surface area is 175 Å². The monoisotopic (exact) mass is 400 g/mol. The van der Waals surface area contributed by atoms with E-state index in [-0.39, 0.29) is 17.5 Å². The van der Waals surface area contributed by atoms with Gasteiger partial charge < -0.3 is 19.7 Å². The van der Waals surface area contributed by atoms with E-state index in [1.807, 2.05) is 7.11 Å². The molecule has 5 nitrogen and oxygen atoms in total. The number of urea groups is 1. The first kappa shape index (κ1) is 20.5. The van der Waals surface area contributed by atoms with Crippen LogP contribution in [0.4, 0.5) is 4.79 Å². The minimum atomic E-state index is -0.0200. The van der Waals surface area contributed by atoms with Crippen LogP contribution in [0.1, 0.15) is 68.5 Å². The molecule has 1 aromatic carbocycles. The Morgan fingerprint density at radius 2 is 1.90 bits per heavy atom. The zero-order valence-corrected chi connectivity index (χ0v) is 18.2. The molecule has 0 aliphatic heterocycles. The Morgan fingerprint density at radius 1 is 1.17 bits per heavy atom. The van der Waals surface area contributed by atoms with Crippen LogP contribution in [-0.4, -0.2) is 44.8 Å². The fourth-order valence-corrected chi connectivity index (χ4v) is 5.65. The SMILES string of the molecule is COC1CCC2(CC1)Cc1ccc(OCC3CCCC3)cc1C2NC(=O)N(C)C. The van der Waals surface area contributed by atoms with Gasteiger partial charge in [-0.25, -0.2) is 4.79 Å². The van der Waals surface area contributed by atoms with Crippen LogP contribution in [-0.2, 0) is 11.2 Å². The Hall–Kier alpha value is -1.75. The Balaban J connectivity index is 1.55. The van der Waals surface area contributed by atoms with Crippen LogP contribution in [0.3, 0.4) is 0 Å². The predicted octanol–water partition coefficient (Wildman–Crippen LogP) is 4.70. The van der Waals surface area contributed by atoms with E-state index in [1.165, 1.54) is 36.8 Å². The largest absolute Gasteiger partial charge is 0.493 e. The van der Waals surface area contributed by atoms with E-state index in [2.05, 4.69) is 23.5 Å². The lowest BCUT2D eigenvalue weighted by Crippen LogP contribution is -2.45. The van der Waals surface area contributed by atoms with Crippen molar-refractivity contribution in [3.63, 3.8) is 0 Å². The first-order valence-corrected chi connectivity index (χ1v) is 11.3. The van der Waals surface area contributed by atoms with E-state index >= 15 is 0 Å². The van der Waals surface area contributed by atoms with E-state index in [0.717, 1.165) is 44.5 Å². The highest BCUT2D eigenvalue weighted by Crippen LogP contribution is 2.55. The van der Waals surface area contributed by atoms with Crippen molar-refractivity contribution in [2.45, 2.75) is 69.9 Å². The van der Waals surface area contributed by atoms with Crippen molar-refractivity contribution in [1.29, 1.82) is 0 Å². The van der Waals surface area contributed by atoms with E-state index in [1.54, 1.807) is 19.0 Å². The van der Waals surface area contributed by atoms with Crippen molar-refractivity contribution in [2.75, 3.05) is 27.8 Å². The van der Waals surface area contributed by atoms with Gasteiger partial charge in [-0.1, -0.05) is 18.9 Å². The standard InChI is InChI=1S/C24H36N2O3/c1-26(2)23(27)25-22-21-14-20(29-16-17-6-4-5-7-17)9-8-18(21)15-24(22)12-10-19(28-3)11-13-24/h8-9,14,17,19,22H,4-7,10-13,15-16H2,1-3H3,(H,25,27). The van der Waals surface area contributed by atoms with E-state index in [9.17, 15) is 4.79 Å². The molecule has 0 saturated heterocycles. The number of hydrogen-bond acceptors (Lipinski definition) is 3. The third-order valence-corrected chi connectivity index (χ3v) is 7.48. The molecule has 1 atom stereocenters. The molecule has 1 aromatic rings. The number of nitrogens with one attached hydrogen (secondary N) is 1. The van der Waals surface area contributed by atoms with Crippen LogP contribution in [0.25, 0.3) is 0 Å². The summed E-state index contributed by atoms with van der Waals surface area (Å²) >= 11 is 0. The summed E-state index contributed by atoms with van der Waals surface area (Å²) in [6.45, 7) is 0.814. The maximum atomic E-state index is 12.6. The first-order chi connectivity index (χ1) is 14.0. The third kappa shape index (κ3) is 4.25. The minimum absolute atomic E-state index is 0.0200. The maximum absolute atomic E-state index is 12.6. The molecule has 4 rings (SSSR count). The zero-order chi connectivity index (χ0) is 20.4. The summed E-state index contributed by atoms with van der Waals surface area (Å²) in [5.41, 5.74) is 2.70. The average molecular weight is 401 g/mol. The van der Waals surface area contributed by atoms with Crippen molar-refractivity contribution in [3.05, 3.63) is 29.3 Å². The van der Waals surface area contributed by atoms with Gasteiger partial charge in [0.25, 0.3) is 0 Å². The second-order valence-electron chi connectivity index (χ2n) is 9.57. The van der Waals surface area contributed by atoms with Crippen molar-refractivity contribution in [3.8, 4) is 5.75 Å². The number of nitrogens with zero attached hydrogens (tertiary/aromatic N) is 1.